The van der Waals surface area contributed by atoms with Crippen molar-refractivity contribution < 1.29 is 55.1 Å². The number of carbonyl (C=O) groups excluding carboxylic acids is 1. The average Bonchev–Trinajstić information content (AvgIpc) is 3.48. The molecule has 1 aromatic heterocycles. The number of hydrogen-bond donors (Lipinski definition) is 2. The normalized spacial score (nSPS) is 12.4. The quantitative estimate of drug-likeness (QED) is 0.0532. The van der Waals surface area contributed by atoms with Gasteiger partial charge in [-0.3, -0.25) is 9.21 Å². The maximum atomic E-state index is 14.4. The molecular weight excluding hydrogens is 705 g/mol. The van der Waals surface area contributed by atoms with Gasteiger partial charge < -0.3 is 19.3 Å². The van der Waals surface area contributed by atoms with Crippen molar-refractivity contribution in [2.24, 2.45) is 0 Å². The second kappa shape index (κ2) is 16.4. The second-order valence-corrected chi connectivity index (χ2v) is 11.6. The van der Waals surface area contributed by atoms with Crippen LogP contribution in [-0.4, -0.2) is 94.9 Å². The van der Waals surface area contributed by atoms with Crippen LogP contribution in [0.1, 0.15) is 36.9 Å². The Bertz CT molecular complexity index is 1960. The summed E-state index contributed by atoms with van der Waals surface area (Å²) < 4.78 is 97.3. The number of aromatic nitrogens is 6. The first-order valence-corrected chi connectivity index (χ1v) is 16.0. The summed E-state index contributed by atoms with van der Waals surface area (Å²) in [7, 11) is -4.75. The van der Waals surface area contributed by atoms with Gasteiger partial charge in [0.1, 0.15) is 17.1 Å². The number of hydrogen-bond acceptors (Lipinski definition) is 10. The Morgan fingerprint density at radius 2 is 1.68 bits per heavy atom. The predicted octanol–water partition coefficient (Wildman–Crippen LogP) is 5.24. The van der Waals surface area contributed by atoms with Gasteiger partial charge in [-0.05, 0) is 36.8 Å². The van der Waals surface area contributed by atoms with Crippen LogP contribution in [0, 0.1) is 11.6 Å². The van der Waals surface area contributed by atoms with Crippen molar-refractivity contribution in [2.45, 2.75) is 32.0 Å². The molecule has 0 saturated carbocycles. The number of benzene rings is 2. The van der Waals surface area contributed by atoms with E-state index in [-0.39, 0.29) is 94.7 Å². The molecule has 50 heavy (non-hydrogen) atoms. The molecule has 0 amide bonds. The van der Waals surface area contributed by atoms with Crippen LogP contribution in [0.4, 0.5) is 22.0 Å². The van der Waals surface area contributed by atoms with Gasteiger partial charge in [0.2, 0.25) is 0 Å². The fraction of sp³-hybridized carbons (Fsp3) is 0.267. The average molecular weight is 732 g/mol. The summed E-state index contributed by atoms with van der Waals surface area (Å²) in [5, 5.41) is 4.19. The molecule has 1 unspecified atom stereocenters. The fourth-order valence-corrected chi connectivity index (χ4v) is 4.91. The summed E-state index contributed by atoms with van der Waals surface area (Å²) in [5.74, 6) is -3.70. The van der Waals surface area contributed by atoms with Crippen LogP contribution >= 0.6 is 7.82 Å². The first kappa shape index (κ1) is 38.9. The standard InChI is InChI=1S/C30H26F5N6O7P.Na/c1-2-9-46-18-7-8-19(21(12-18)30(33,34)35)27-36-13-17(14-37-27)26(29(42)47-10-4-11-48-49(43,44)45)41-16-24-23(15-38-41)39-28(40-24)20-5-3-6-22(31)25(20)32;/h3,5-8,12-16,26H,2,4,9-11H2,1H3,(H2,43,44,45);. The molecule has 3 heterocycles. The maximum absolute atomic E-state index is 14.4. The van der Waals surface area contributed by atoms with Gasteiger partial charge in [-0.15, -0.1) is 0 Å². The van der Waals surface area contributed by atoms with Crippen LogP contribution in [0.5, 0.6) is 5.75 Å². The number of halogens is 5. The number of rotatable bonds is 13. The van der Waals surface area contributed by atoms with Gasteiger partial charge in [-0.2, -0.15) is 18.3 Å². The van der Waals surface area contributed by atoms with E-state index in [1.807, 2.05) is 6.92 Å². The first-order valence-electron chi connectivity index (χ1n) is 14.4. The van der Waals surface area contributed by atoms with Gasteiger partial charge in [0, 0.05) is 59.5 Å². The Morgan fingerprint density at radius 1 is 0.960 bits per heavy atom. The van der Waals surface area contributed by atoms with E-state index in [2.05, 4.69) is 29.6 Å². The molecule has 3 aromatic rings. The molecular formula is C30H26F5N6NaO7P. The van der Waals surface area contributed by atoms with Gasteiger partial charge in [0.25, 0.3) is 0 Å². The topological polar surface area (TPSA) is 172 Å². The predicted molar refractivity (Wildman–Crippen MR) is 166 cm³/mol. The summed E-state index contributed by atoms with van der Waals surface area (Å²) in [5.41, 5.74) is -1.31. The van der Waals surface area contributed by atoms with Gasteiger partial charge in [-0.25, -0.2) is 38.1 Å². The van der Waals surface area contributed by atoms with E-state index in [1.54, 1.807) is 0 Å². The number of fused-ring (bicyclic) bond motifs is 1. The van der Waals surface area contributed by atoms with E-state index >= 15 is 0 Å². The molecule has 259 valence electrons. The van der Waals surface area contributed by atoms with Crippen molar-refractivity contribution in [3.8, 4) is 39.9 Å². The van der Waals surface area contributed by atoms with Crippen molar-refractivity contribution in [1.82, 2.24) is 29.7 Å². The Balaban J connectivity index is 0.00000562. The van der Waals surface area contributed by atoms with Crippen molar-refractivity contribution in [3.63, 3.8) is 0 Å². The molecule has 5 rings (SSSR count). The van der Waals surface area contributed by atoms with Crippen molar-refractivity contribution in [2.75, 3.05) is 19.8 Å². The van der Waals surface area contributed by atoms with Gasteiger partial charge in [0.05, 0.1) is 43.3 Å². The summed E-state index contributed by atoms with van der Waals surface area (Å²) >= 11 is 0. The Hall–Kier alpha value is -3.90. The summed E-state index contributed by atoms with van der Waals surface area (Å²) in [6, 6.07) is 5.40. The SMILES string of the molecule is CCCOc1ccc(-c2ncc(C(C(=O)OCCCOP(=O)(O)O)n3cc4nc(-c5cccc(F)c5F)nc-4cn3)cn2)c(C(F)(F)F)c1.[Na]. The molecule has 1 radical (unpaired) electrons. The second-order valence-electron chi connectivity index (χ2n) is 10.3. The minimum absolute atomic E-state index is 0. The molecule has 2 aliphatic heterocycles. The number of phosphoric ester groups is 1. The largest absolute Gasteiger partial charge is 0.494 e. The summed E-state index contributed by atoms with van der Waals surface area (Å²) in [4.78, 5) is 47.7. The molecule has 0 saturated heterocycles. The van der Waals surface area contributed by atoms with Gasteiger partial charge >= 0.3 is 20.0 Å². The molecule has 1 atom stereocenters. The smallest absolute Gasteiger partial charge is 0.469 e. The Labute approximate surface area is 302 Å². The third kappa shape index (κ3) is 9.45. The molecule has 2 N–H and O–H groups in total. The zero-order valence-electron chi connectivity index (χ0n) is 26.3. The van der Waals surface area contributed by atoms with Crippen molar-refractivity contribution in [1.29, 1.82) is 0 Å². The maximum Gasteiger partial charge on any atom is 0.469 e. The minimum Gasteiger partial charge on any atom is -0.494 e. The number of ether oxygens (including phenoxy) is 2. The number of imidazole rings is 1. The van der Waals surface area contributed by atoms with E-state index in [9.17, 15) is 31.3 Å². The zero-order chi connectivity index (χ0) is 35.3. The first-order chi connectivity index (χ1) is 23.2. The number of phosphoric acid groups is 1. The molecule has 2 aromatic carbocycles. The third-order valence-electron chi connectivity index (χ3n) is 6.75. The van der Waals surface area contributed by atoms with Crippen LogP contribution in [-0.2, 0) is 24.8 Å². The number of alkyl halides is 3. The van der Waals surface area contributed by atoms with E-state index in [1.165, 1.54) is 36.7 Å². The zero-order valence-corrected chi connectivity index (χ0v) is 29.2. The van der Waals surface area contributed by atoms with Crippen molar-refractivity contribution >= 4 is 43.3 Å². The van der Waals surface area contributed by atoms with Crippen LogP contribution < -0.4 is 4.74 Å². The van der Waals surface area contributed by atoms with Gasteiger partial charge in [0.15, 0.2) is 29.3 Å². The summed E-state index contributed by atoms with van der Waals surface area (Å²) in [6.45, 7) is 1.23. The fourth-order valence-electron chi connectivity index (χ4n) is 4.55. The molecule has 0 fully saturated rings. The Kier molecular flexibility index (Phi) is 12.8. The minimum atomic E-state index is -4.78. The molecule has 20 heteroatoms. The number of nitrogens with zero attached hydrogens (tertiary/aromatic N) is 6. The molecule has 2 aliphatic rings. The van der Waals surface area contributed by atoms with E-state index in [4.69, 9.17) is 19.3 Å². The van der Waals surface area contributed by atoms with E-state index < -0.39 is 49.8 Å². The summed E-state index contributed by atoms with van der Waals surface area (Å²) in [6.07, 6.45) is 0.378. The van der Waals surface area contributed by atoms with Crippen LogP contribution in [0.15, 0.2) is 61.2 Å². The molecule has 0 bridgehead atoms. The monoisotopic (exact) mass is 731 g/mol. The van der Waals surface area contributed by atoms with Crippen LogP contribution in [0.25, 0.3) is 34.2 Å². The van der Waals surface area contributed by atoms with E-state index in [0.717, 1.165) is 29.2 Å². The molecule has 0 spiro atoms. The molecule has 0 aliphatic carbocycles. The Morgan fingerprint density at radius 3 is 2.36 bits per heavy atom. The molecule has 13 nitrogen and oxygen atoms in total. The third-order valence-corrected chi connectivity index (χ3v) is 7.27. The van der Waals surface area contributed by atoms with Crippen molar-refractivity contribution in [3.05, 3.63) is 83.9 Å². The number of esters is 1. The van der Waals surface area contributed by atoms with Crippen LogP contribution in [0.3, 0.4) is 0 Å². The number of carbonyl (C=O) groups is 1. The van der Waals surface area contributed by atoms with Gasteiger partial charge in [-0.1, -0.05) is 13.0 Å². The van der Waals surface area contributed by atoms with E-state index in [0.29, 0.717) is 6.42 Å². The van der Waals surface area contributed by atoms with Crippen LogP contribution in [0.2, 0.25) is 0 Å².